The van der Waals surface area contributed by atoms with E-state index in [1.807, 2.05) is 29.2 Å². The molecule has 0 radical (unpaired) electrons. The molecule has 1 fully saturated rings. The third-order valence-corrected chi connectivity index (χ3v) is 6.39. The van der Waals surface area contributed by atoms with E-state index in [4.69, 9.17) is 4.74 Å². The van der Waals surface area contributed by atoms with E-state index in [1.54, 1.807) is 0 Å². The highest BCUT2D eigenvalue weighted by Crippen LogP contribution is 2.31. The average Bonchev–Trinajstić information content (AvgIpc) is 2.76. The lowest BCUT2D eigenvalue weighted by Gasteiger charge is -2.41. The zero-order valence-electron chi connectivity index (χ0n) is 18.8. The van der Waals surface area contributed by atoms with Gasteiger partial charge in [0.25, 0.3) is 5.91 Å². The molecule has 0 spiro atoms. The molecule has 0 N–H and O–H groups in total. The zero-order chi connectivity index (χ0) is 21.3. The maximum Gasteiger partial charge on any atom is 0.257 e. The zero-order valence-corrected chi connectivity index (χ0v) is 18.8. The van der Waals surface area contributed by atoms with Crippen molar-refractivity contribution in [3.63, 3.8) is 0 Å². The van der Waals surface area contributed by atoms with E-state index >= 15 is 0 Å². The Labute approximate surface area is 181 Å². The fourth-order valence-corrected chi connectivity index (χ4v) is 4.77. The van der Waals surface area contributed by atoms with E-state index in [0.29, 0.717) is 17.7 Å². The van der Waals surface area contributed by atoms with Crippen molar-refractivity contribution >= 4 is 11.8 Å². The van der Waals surface area contributed by atoms with E-state index in [1.165, 1.54) is 0 Å². The van der Waals surface area contributed by atoms with Gasteiger partial charge >= 0.3 is 0 Å². The first-order valence-electron chi connectivity index (χ1n) is 12.0. The number of amides is 2. The number of fused-ring (bicyclic) bond motifs is 2. The second kappa shape index (κ2) is 11.4. The van der Waals surface area contributed by atoms with Gasteiger partial charge in [-0.1, -0.05) is 38.8 Å². The number of unbranched alkanes of at least 4 members (excludes halogenated alkanes) is 1. The number of para-hydroxylation sites is 1. The van der Waals surface area contributed by atoms with Crippen molar-refractivity contribution in [2.45, 2.75) is 90.2 Å². The number of hydrogen-bond donors (Lipinski definition) is 0. The third-order valence-electron chi connectivity index (χ3n) is 6.39. The number of carbonyl (C=O) groups is 2. The predicted octanol–water partition coefficient (Wildman–Crippen LogP) is 5.04. The van der Waals surface area contributed by atoms with Crippen LogP contribution in [0.15, 0.2) is 24.3 Å². The van der Waals surface area contributed by atoms with Gasteiger partial charge in [-0.05, 0) is 57.1 Å². The van der Waals surface area contributed by atoms with Crippen molar-refractivity contribution in [1.29, 1.82) is 0 Å². The molecule has 2 amide bonds. The standard InChI is InChI=1S/C25H38N2O3/c1-3-5-16-24(28)27-19-11-10-18-26(17-4-2)25(29)20-12-6-8-14-22(20)30-23-15-9-7-13-21(23)27/h6,8,12,14,21,23H,3-5,7,9-11,13,15-19H2,1-2H3/t21-,23+/m1/s1. The Balaban J connectivity index is 1.92. The van der Waals surface area contributed by atoms with Crippen LogP contribution >= 0.6 is 0 Å². The molecule has 5 nitrogen and oxygen atoms in total. The van der Waals surface area contributed by atoms with Gasteiger partial charge in [-0.25, -0.2) is 0 Å². The summed E-state index contributed by atoms with van der Waals surface area (Å²) in [5.74, 6) is 1.00. The molecule has 1 aromatic carbocycles. The van der Waals surface area contributed by atoms with Gasteiger partial charge in [0.1, 0.15) is 11.9 Å². The molecule has 1 saturated carbocycles. The molecule has 0 saturated heterocycles. The quantitative estimate of drug-likeness (QED) is 0.678. The summed E-state index contributed by atoms with van der Waals surface area (Å²) in [6, 6.07) is 7.75. The highest BCUT2D eigenvalue weighted by atomic mass is 16.5. The lowest BCUT2D eigenvalue weighted by atomic mass is 9.90. The Kier molecular flexibility index (Phi) is 8.59. The van der Waals surface area contributed by atoms with E-state index in [9.17, 15) is 9.59 Å². The van der Waals surface area contributed by atoms with Crippen LogP contribution in [-0.2, 0) is 4.79 Å². The van der Waals surface area contributed by atoms with Gasteiger partial charge in [-0.2, -0.15) is 0 Å². The molecule has 2 aliphatic rings. The van der Waals surface area contributed by atoms with Crippen LogP contribution in [0.4, 0.5) is 0 Å². The Morgan fingerprint density at radius 2 is 1.80 bits per heavy atom. The summed E-state index contributed by atoms with van der Waals surface area (Å²) in [5.41, 5.74) is 0.653. The molecular weight excluding hydrogens is 376 g/mol. The molecule has 0 unspecified atom stereocenters. The molecule has 5 heteroatoms. The van der Waals surface area contributed by atoms with Crippen molar-refractivity contribution in [1.82, 2.24) is 9.80 Å². The molecule has 3 rings (SSSR count). The lowest BCUT2D eigenvalue weighted by molar-refractivity contribution is -0.137. The summed E-state index contributed by atoms with van der Waals surface area (Å²) in [6.45, 7) is 6.48. The highest BCUT2D eigenvalue weighted by molar-refractivity contribution is 5.97. The first kappa shape index (κ1) is 22.6. The number of rotatable bonds is 5. The van der Waals surface area contributed by atoms with E-state index in [2.05, 4.69) is 18.7 Å². The molecule has 2 atom stereocenters. The Bertz CT molecular complexity index is 705. The molecule has 0 aromatic heterocycles. The maximum absolute atomic E-state index is 13.3. The van der Waals surface area contributed by atoms with Crippen LogP contribution < -0.4 is 4.74 Å². The smallest absolute Gasteiger partial charge is 0.257 e. The third kappa shape index (κ3) is 5.55. The molecular formula is C25H38N2O3. The monoisotopic (exact) mass is 414 g/mol. The molecule has 30 heavy (non-hydrogen) atoms. The number of ether oxygens (including phenoxy) is 1. The second-order valence-corrected chi connectivity index (χ2v) is 8.69. The molecule has 166 valence electrons. The van der Waals surface area contributed by atoms with E-state index in [-0.39, 0.29) is 24.0 Å². The molecule has 0 bridgehead atoms. The summed E-state index contributed by atoms with van der Waals surface area (Å²) in [6.07, 6.45) is 9.49. The van der Waals surface area contributed by atoms with Crippen LogP contribution in [0.2, 0.25) is 0 Å². The van der Waals surface area contributed by atoms with Crippen LogP contribution in [0.5, 0.6) is 5.75 Å². The first-order valence-corrected chi connectivity index (χ1v) is 12.0. The average molecular weight is 415 g/mol. The van der Waals surface area contributed by atoms with Gasteiger partial charge in [0.05, 0.1) is 11.6 Å². The fraction of sp³-hybridized carbons (Fsp3) is 0.680. The van der Waals surface area contributed by atoms with Gasteiger partial charge in [-0.3, -0.25) is 9.59 Å². The Morgan fingerprint density at radius 1 is 1.03 bits per heavy atom. The van der Waals surface area contributed by atoms with Crippen LogP contribution in [0, 0.1) is 0 Å². The van der Waals surface area contributed by atoms with Crippen LogP contribution in [0.1, 0.15) is 88.4 Å². The summed E-state index contributed by atoms with van der Waals surface area (Å²) in [7, 11) is 0. The van der Waals surface area contributed by atoms with Gasteiger partial charge < -0.3 is 14.5 Å². The lowest BCUT2D eigenvalue weighted by Crippen LogP contribution is -2.51. The molecule has 1 aliphatic heterocycles. The maximum atomic E-state index is 13.3. The van der Waals surface area contributed by atoms with Crippen LogP contribution in [0.3, 0.4) is 0 Å². The number of benzene rings is 1. The summed E-state index contributed by atoms with van der Waals surface area (Å²) in [4.78, 5) is 30.4. The minimum absolute atomic E-state index is 0.0441. The van der Waals surface area contributed by atoms with Crippen molar-refractivity contribution in [2.24, 2.45) is 0 Å². The van der Waals surface area contributed by atoms with E-state index in [0.717, 1.165) is 77.4 Å². The Hall–Kier alpha value is -2.04. The van der Waals surface area contributed by atoms with Gasteiger partial charge in [0, 0.05) is 26.1 Å². The second-order valence-electron chi connectivity index (χ2n) is 8.69. The number of carbonyl (C=O) groups excluding carboxylic acids is 2. The van der Waals surface area contributed by atoms with E-state index < -0.39 is 0 Å². The van der Waals surface area contributed by atoms with Crippen molar-refractivity contribution in [3.05, 3.63) is 29.8 Å². The largest absolute Gasteiger partial charge is 0.487 e. The first-order chi connectivity index (χ1) is 14.7. The summed E-state index contributed by atoms with van der Waals surface area (Å²) >= 11 is 0. The summed E-state index contributed by atoms with van der Waals surface area (Å²) in [5, 5.41) is 0. The van der Waals surface area contributed by atoms with Crippen molar-refractivity contribution in [2.75, 3.05) is 19.6 Å². The molecule has 1 aromatic rings. The van der Waals surface area contributed by atoms with Crippen molar-refractivity contribution in [3.8, 4) is 5.75 Å². The predicted molar refractivity (Wildman–Crippen MR) is 120 cm³/mol. The molecule has 1 heterocycles. The van der Waals surface area contributed by atoms with Gasteiger partial charge in [-0.15, -0.1) is 0 Å². The summed E-state index contributed by atoms with van der Waals surface area (Å²) < 4.78 is 6.51. The number of hydrogen-bond acceptors (Lipinski definition) is 3. The topological polar surface area (TPSA) is 49.9 Å². The SMILES string of the molecule is CCCCC(=O)N1CCCCN(CCC)C(=O)c2ccccc2O[C@H]2CCCC[C@H]21. The van der Waals surface area contributed by atoms with Crippen LogP contribution in [-0.4, -0.2) is 53.4 Å². The fourth-order valence-electron chi connectivity index (χ4n) is 4.77. The highest BCUT2D eigenvalue weighted by Gasteiger charge is 2.35. The van der Waals surface area contributed by atoms with Crippen LogP contribution in [0.25, 0.3) is 0 Å². The molecule has 1 aliphatic carbocycles. The van der Waals surface area contributed by atoms with Gasteiger partial charge in [0.15, 0.2) is 0 Å². The van der Waals surface area contributed by atoms with Crippen molar-refractivity contribution < 1.29 is 14.3 Å². The minimum atomic E-state index is -0.0441. The minimum Gasteiger partial charge on any atom is -0.487 e. The normalized spacial score (nSPS) is 22.9. The Morgan fingerprint density at radius 3 is 2.60 bits per heavy atom. The van der Waals surface area contributed by atoms with Gasteiger partial charge in [0.2, 0.25) is 5.91 Å². The number of nitrogens with zero attached hydrogens (tertiary/aromatic N) is 2.